The Hall–Kier alpha value is -2.31. The standard InChI is InChI=1S/C20H23N5S/c1-15-16(2)22-19(18-7-3-4-8-21-18)23-20(15)25-11-9-24(10-12-25)14-17-6-5-13-26-17/h3-8,13H,9-12,14H2,1-2H3. The lowest BCUT2D eigenvalue weighted by molar-refractivity contribution is 0.251. The maximum Gasteiger partial charge on any atom is 0.180 e. The van der Waals surface area contributed by atoms with Crippen LogP contribution in [-0.4, -0.2) is 46.0 Å². The van der Waals surface area contributed by atoms with Gasteiger partial charge in [0.25, 0.3) is 0 Å². The highest BCUT2D eigenvalue weighted by Gasteiger charge is 2.21. The van der Waals surface area contributed by atoms with Gasteiger partial charge in [0.15, 0.2) is 5.82 Å². The average Bonchev–Trinajstić information content (AvgIpc) is 3.18. The van der Waals surface area contributed by atoms with Gasteiger partial charge in [0.1, 0.15) is 11.5 Å². The van der Waals surface area contributed by atoms with Crippen LogP contribution in [0.3, 0.4) is 0 Å². The van der Waals surface area contributed by atoms with Crippen molar-refractivity contribution < 1.29 is 0 Å². The van der Waals surface area contributed by atoms with Crippen LogP contribution in [-0.2, 0) is 6.54 Å². The van der Waals surface area contributed by atoms with Crippen molar-refractivity contribution in [3.05, 3.63) is 58.0 Å². The van der Waals surface area contributed by atoms with Crippen LogP contribution < -0.4 is 4.90 Å². The Morgan fingerprint density at radius 3 is 2.54 bits per heavy atom. The van der Waals surface area contributed by atoms with Gasteiger partial charge in [0.05, 0.1) is 0 Å². The van der Waals surface area contributed by atoms with E-state index in [9.17, 15) is 0 Å². The molecule has 1 aliphatic heterocycles. The molecule has 134 valence electrons. The topological polar surface area (TPSA) is 45.2 Å². The second-order valence-electron chi connectivity index (χ2n) is 6.64. The van der Waals surface area contributed by atoms with Crippen LogP contribution in [0, 0.1) is 13.8 Å². The summed E-state index contributed by atoms with van der Waals surface area (Å²) in [5.41, 5.74) is 3.02. The number of aromatic nitrogens is 3. The Morgan fingerprint density at radius 1 is 1.00 bits per heavy atom. The summed E-state index contributed by atoms with van der Waals surface area (Å²) in [6.45, 7) is 9.31. The molecule has 4 heterocycles. The number of pyridine rings is 1. The number of hydrogen-bond donors (Lipinski definition) is 0. The fraction of sp³-hybridized carbons (Fsp3) is 0.350. The van der Waals surface area contributed by atoms with Gasteiger partial charge in [0.2, 0.25) is 0 Å². The van der Waals surface area contributed by atoms with Gasteiger partial charge in [-0.1, -0.05) is 12.1 Å². The quantitative estimate of drug-likeness (QED) is 0.708. The van der Waals surface area contributed by atoms with E-state index in [4.69, 9.17) is 4.98 Å². The predicted octanol–water partition coefficient (Wildman–Crippen LogP) is 3.54. The lowest BCUT2D eigenvalue weighted by atomic mass is 10.2. The third kappa shape index (κ3) is 3.61. The molecule has 0 radical (unpaired) electrons. The molecule has 26 heavy (non-hydrogen) atoms. The summed E-state index contributed by atoms with van der Waals surface area (Å²) in [6.07, 6.45) is 1.79. The minimum absolute atomic E-state index is 0.713. The second kappa shape index (κ2) is 7.51. The molecule has 0 unspecified atom stereocenters. The van der Waals surface area contributed by atoms with Gasteiger partial charge < -0.3 is 4.90 Å². The van der Waals surface area contributed by atoms with E-state index in [0.717, 1.165) is 55.5 Å². The Bertz CT molecular complexity index is 855. The maximum atomic E-state index is 4.86. The van der Waals surface area contributed by atoms with Crippen LogP contribution in [0.15, 0.2) is 41.9 Å². The molecule has 0 spiro atoms. The highest BCUT2D eigenvalue weighted by Crippen LogP contribution is 2.25. The molecule has 0 saturated carbocycles. The minimum atomic E-state index is 0.713. The van der Waals surface area contributed by atoms with Gasteiger partial charge in [-0.3, -0.25) is 9.88 Å². The SMILES string of the molecule is Cc1nc(-c2ccccn2)nc(N2CCN(Cc3cccs3)CC2)c1C. The summed E-state index contributed by atoms with van der Waals surface area (Å²) < 4.78 is 0. The lowest BCUT2D eigenvalue weighted by Gasteiger charge is -2.36. The molecule has 0 N–H and O–H groups in total. The number of rotatable bonds is 4. The molecule has 0 bridgehead atoms. The number of hydrogen-bond acceptors (Lipinski definition) is 6. The summed E-state index contributed by atoms with van der Waals surface area (Å²) >= 11 is 1.83. The van der Waals surface area contributed by atoms with E-state index in [-0.39, 0.29) is 0 Å². The Morgan fingerprint density at radius 2 is 1.85 bits per heavy atom. The van der Waals surface area contributed by atoms with E-state index in [2.05, 4.69) is 51.1 Å². The summed E-state index contributed by atoms with van der Waals surface area (Å²) in [6, 6.07) is 10.2. The number of piperazine rings is 1. The van der Waals surface area contributed by atoms with Crippen molar-refractivity contribution in [3.63, 3.8) is 0 Å². The molecule has 0 atom stereocenters. The van der Waals surface area contributed by atoms with Crippen LogP contribution in [0.4, 0.5) is 5.82 Å². The molecule has 1 fully saturated rings. The van der Waals surface area contributed by atoms with E-state index in [1.54, 1.807) is 6.20 Å². The summed E-state index contributed by atoms with van der Waals surface area (Å²) in [5, 5.41) is 2.15. The Labute approximate surface area is 158 Å². The van der Waals surface area contributed by atoms with Crippen molar-refractivity contribution in [1.82, 2.24) is 19.9 Å². The van der Waals surface area contributed by atoms with E-state index in [1.165, 1.54) is 4.88 Å². The molecule has 0 amide bonds. The van der Waals surface area contributed by atoms with Crippen molar-refractivity contribution >= 4 is 17.2 Å². The normalized spacial score (nSPS) is 15.4. The van der Waals surface area contributed by atoms with Gasteiger partial charge in [-0.05, 0) is 37.4 Å². The van der Waals surface area contributed by atoms with Crippen molar-refractivity contribution in [2.45, 2.75) is 20.4 Å². The van der Waals surface area contributed by atoms with Crippen LogP contribution in [0.2, 0.25) is 0 Å². The molecule has 5 nitrogen and oxygen atoms in total. The highest BCUT2D eigenvalue weighted by atomic mass is 32.1. The van der Waals surface area contributed by atoms with Crippen molar-refractivity contribution in [1.29, 1.82) is 0 Å². The molecule has 3 aromatic rings. The molecule has 1 saturated heterocycles. The first-order chi connectivity index (χ1) is 12.7. The first-order valence-electron chi connectivity index (χ1n) is 8.97. The second-order valence-corrected chi connectivity index (χ2v) is 7.67. The predicted molar refractivity (Wildman–Crippen MR) is 107 cm³/mol. The molecular formula is C20H23N5S. The van der Waals surface area contributed by atoms with Gasteiger partial charge in [0, 0.05) is 55.1 Å². The minimum Gasteiger partial charge on any atom is -0.354 e. The number of aryl methyl sites for hydroxylation is 1. The molecule has 3 aromatic heterocycles. The fourth-order valence-corrected chi connectivity index (χ4v) is 4.02. The summed E-state index contributed by atoms with van der Waals surface area (Å²) in [7, 11) is 0. The van der Waals surface area contributed by atoms with E-state index < -0.39 is 0 Å². The molecule has 0 aromatic carbocycles. The first kappa shape index (κ1) is 17.1. The van der Waals surface area contributed by atoms with Crippen molar-refractivity contribution in [2.75, 3.05) is 31.1 Å². The fourth-order valence-electron chi connectivity index (χ4n) is 3.27. The van der Waals surface area contributed by atoms with Crippen LogP contribution >= 0.6 is 11.3 Å². The Balaban J connectivity index is 1.52. The molecule has 0 aliphatic carbocycles. The van der Waals surface area contributed by atoms with Crippen LogP contribution in [0.25, 0.3) is 11.5 Å². The van der Waals surface area contributed by atoms with E-state index in [1.807, 2.05) is 29.5 Å². The van der Waals surface area contributed by atoms with Crippen molar-refractivity contribution in [2.24, 2.45) is 0 Å². The average molecular weight is 366 g/mol. The summed E-state index contributed by atoms with van der Waals surface area (Å²) in [5.74, 6) is 1.76. The highest BCUT2D eigenvalue weighted by molar-refractivity contribution is 7.09. The number of nitrogens with zero attached hydrogens (tertiary/aromatic N) is 5. The third-order valence-corrected chi connectivity index (χ3v) is 5.75. The van der Waals surface area contributed by atoms with Crippen LogP contribution in [0.1, 0.15) is 16.1 Å². The largest absolute Gasteiger partial charge is 0.354 e. The summed E-state index contributed by atoms with van der Waals surface area (Å²) in [4.78, 5) is 20.3. The first-order valence-corrected chi connectivity index (χ1v) is 9.85. The third-order valence-electron chi connectivity index (χ3n) is 4.89. The number of thiophene rings is 1. The zero-order chi connectivity index (χ0) is 17.9. The van der Waals surface area contributed by atoms with E-state index >= 15 is 0 Å². The monoisotopic (exact) mass is 365 g/mol. The lowest BCUT2D eigenvalue weighted by Crippen LogP contribution is -2.46. The van der Waals surface area contributed by atoms with Gasteiger partial charge in [-0.25, -0.2) is 9.97 Å². The van der Waals surface area contributed by atoms with Gasteiger partial charge >= 0.3 is 0 Å². The molecule has 6 heteroatoms. The maximum absolute atomic E-state index is 4.86. The smallest absolute Gasteiger partial charge is 0.180 e. The zero-order valence-corrected chi connectivity index (χ0v) is 16.0. The molecule has 4 rings (SSSR count). The molecular weight excluding hydrogens is 342 g/mol. The van der Waals surface area contributed by atoms with E-state index in [0.29, 0.717) is 5.82 Å². The number of anilines is 1. The zero-order valence-electron chi connectivity index (χ0n) is 15.2. The Kier molecular flexibility index (Phi) is 4.95. The van der Waals surface area contributed by atoms with Crippen molar-refractivity contribution in [3.8, 4) is 11.5 Å². The van der Waals surface area contributed by atoms with Crippen LogP contribution in [0.5, 0.6) is 0 Å². The molecule has 1 aliphatic rings. The van der Waals surface area contributed by atoms with Gasteiger partial charge in [-0.2, -0.15) is 0 Å². The van der Waals surface area contributed by atoms with Gasteiger partial charge in [-0.15, -0.1) is 11.3 Å².